The van der Waals surface area contributed by atoms with Gasteiger partial charge in [0.05, 0.1) is 26.7 Å². The zero-order valence-corrected chi connectivity index (χ0v) is 14.3. The molecule has 0 fully saturated rings. The Kier molecular flexibility index (Phi) is 7.38. The number of rotatable bonds is 8. The second-order valence-electron chi connectivity index (χ2n) is 5.40. The molecule has 1 aromatic carbocycles. The number of hydrogen-bond donors (Lipinski definition) is 1. The third-order valence-corrected chi connectivity index (χ3v) is 3.50. The van der Waals surface area contributed by atoms with Crippen LogP contribution in [-0.2, 0) is 19.1 Å². The number of hydrogen-bond acceptors (Lipinski definition) is 6. The molecule has 0 radical (unpaired) electrons. The Bertz CT molecular complexity index is 512. The van der Waals surface area contributed by atoms with Crippen molar-refractivity contribution in [3.05, 3.63) is 24.3 Å². The highest BCUT2D eigenvalue weighted by Gasteiger charge is 2.38. The van der Waals surface area contributed by atoms with E-state index in [1.807, 2.05) is 13.8 Å². The Hall–Kier alpha value is -2.24. The lowest BCUT2D eigenvalue weighted by Crippen LogP contribution is -2.45. The minimum absolute atomic E-state index is 0.0948. The molecule has 0 aliphatic carbocycles. The van der Waals surface area contributed by atoms with Crippen molar-refractivity contribution in [3.8, 4) is 5.75 Å². The average Bonchev–Trinajstić information content (AvgIpc) is 2.54. The zero-order chi connectivity index (χ0) is 17.4. The second-order valence-corrected chi connectivity index (χ2v) is 5.40. The van der Waals surface area contributed by atoms with Gasteiger partial charge in [-0.2, -0.15) is 0 Å². The van der Waals surface area contributed by atoms with E-state index in [2.05, 4.69) is 5.32 Å². The smallest absolute Gasteiger partial charge is 0.329 e. The first kappa shape index (κ1) is 18.8. The first-order valence-corrected chi connectivity index (χ1v) is 7.59. The third-order valence-electron chi connectivity index (χ3n) is 3.50. The molecule has 6 nitrogen and oxygen atoms in total. The minimum Gasteiger partial charge on any atom is -0.497 e. The predicted molar refractivity (Wildman–Crippen MR) is 87.4 cm³/mol. The maximum atomic E-state index is 12.3. The Morgan fingerprint density at radius 3 is 2.13 bits per heavy atom. The number of carbonyl (C=O) groups excluding carboxylic acids is 2. The summed E-state index contributed by atoms with van der Waals surface area (Å²) in [5, 5.41) is 3.08. The monoisotopic (exact) mass is 323 g/mol. The summed E-state index contributed by atoms with van der Waals surface area (Å²) in [7, 11) is 2.89. The van der Waals surface area contributed by atoms with Crippen LogP contribution in [-0.4, -0.2) is 38.8 Å². The maximum absolute atomic E-state index is 12.3. The van der Waals surface area contributed by atoms with Crippen LogP contribution in [0.25, 0.3) is 0 Å². The highest BCUT2D eigenvalue weighted by molar-refractivity contribution is 5.87. The Labute approximate surface area is 137 Å². The quantitative estimate of drug-likeness (QED) is 0.741. The van der Waals surface area contributed by atoms with Crippen molar-refractivity contribution in [1.29, 1.82) is 0 Å². The van der Waals surface area contributed by atoms with E-state index >= 15 is 0 Å². The lowest BCUT2D eigenvalue weighted by Gasteiger charge is -2.28. The van der Waals surface area contributed by atoms with Crippen LogP contribution in [0.4, 0.5) is 5.69 Å². The van der Waals surface area contributed by atoms with Gasteiger partial charge in [0.15, 0.2) is 0 Å². The molecule has 0 aliphatic rings. The summed E-state index contributed by atoms with van der Waals surface area (Å²) in [4.78, 5) is 24.4. The highest BCUT2D eigenvalue weighted by Crippen LogP contribution is 2.23. The fourth-order valence-electron chi connectivity index (χ4n) is 2.32. The Morgan fingerprint density at radius 2 is 1.70 bits per heavy atom. The summed E-state index contributed by atoms with van der Waals surface area (Å²) in [6.07, 6.45) is 0. The number of benzene rings is 1. The van der Waals surface area contributed by atoms with Crippen molar-refractivity contribution >= 4 is 17.6 Å². The van der Waals surface area contributed by atoms with Gasteiger partial charge in [0.25, 0.3) is 0 Å². The SMILES string of the molecule is CCOC(=O)[C@@H](Nc1ccc(OC)cc1)[C@@H](C(=O)OC)C(C)C. The number of esters is 2. The molecular weight excluding hydrogens is 298 g/mol. The van der Waals surface area contributed by atoms with Gasteiger partial charge in [0.2, 0.25) is 0 Å². The number of anilines is 1. The van der Waals surface area contributed by atoms with Gasteiger partial charge in [0.1, 0.15) is 11.8 Å². The molecule has 0 spiro atoms. The average molecular weight is 323 g/mol. The molecule has 0 unspecified atom stereocenters. The molecule has 128 valence electrons. The number of methoxy groups -OCH3 is 2. The van der Waals surface area contributed by atoms with E-state index in [0.717, 1.165) is 0 Å². The topological polar surface area (TPSA) is 73.9 Å². The van der Waals surface area contributed by atoms with Gasteiger partial charge < -0.3 is 19.5 Å². The van der Waals surface area contributed by atoms with E-state index in [9.17, 15) is 9.59 Å². The van der Waals surface area contributed by atoms with Gasteiger partial charge in [-0.05, 0) is 37.1 Å². The predicted octanol–water partition coefficient (Wildman–Crippen LogP) is 2.48. The van der Waals surface area contributed by atoms with E-state index in [4.69, 9.17) is 14.2 Å². The molecule has 2 atom stereocenters. The highest BCUT2D eigenvalue weighted by atomic mass is 16.5. The van der Waals surface area contributed by atoms with Crippen molar-refractivity contribution in [2.75, 3.05) is 26.1 Å². The first-order valence-electron chi connectivity index (χ1n) is 7.59. The molecule has 1 N–H and O–H groups in total. The van der Waals surface area contributed by atoms with E-state index in [0.29, 0.717) is 11.4 Å². The number of ether oxygens (including phenoxy) is 3. The fraction of sp³-hybridized carbons (Fsp3) is 0.529. The van der Waals surface area contributed by atoms with Crippen LogP contribution in [0.2, 0.25) is 0 Å². The van der Waals surface area contributed by atoms with Crippen LogP contribution in [0.5, 0.6) is 5.75 Å². The molecule has 0 aromatic heterocycles. The minimum atomic E-state index is -0.823. The van der Waals surface area contributed by atoms with Crippen LogP contribution < -0.4 is 10.1 Å². The molecule has 0 saturated heterocycles. The standard InChI is InChI=1S/C17H25NO5/c1-6-23-17(20)15(14(11(2)3)16(19)22-5)18-12-7-9-13(21-4)10-8-12/h7-11,14-15,18H,6H2,1-5H3/t14-,15-/m0/s1. The normalized spacial score (nSPS) is 13.1. The molecular formula is C17H25NO5. The first-order chi connectivity index (χ1) is 10.9. The summed E-state index contributed by atoms with van der Waals surface area (Å²) in [5.41, 5.74) is 0.693. The fourth-order valence-corrected chi connectivity index (χ4v) is 2.32. The summed E-state index contributed by atoms with van der Waals surface area (Å²) in [6.45, 7) is 5.70. The van der Waals surface area contributed by atoms with Crippen molar-refractivity contribution in [3.63, 3.8) is 0 Å². The van der Waals surface area contributed by atoms with Crippen LogP contribution in [0.15, 0.2) is 24.3 Å². The molecule has 1 rings (SSSR count). The van der Waals surface area contributed by atoms with E-state index in [-0.39, 0.29) is 12.5 Å². The summed E-state index contributed by atoms with van der Waals surface area (Å²) in [6, 6.07) is 6.27. The van der Waals surface area contributed by atoms with Crippen LogP contribution >= 0.6 is 0 Å². The Balaban J connectivity index is 3.07. The van der Waals surface area contributed by atoms with Gasteiger partial charge in [-0.15, -0.1) is 0 Å². The summed E-state index contributed by atoms with van der Waals surface area (Å²) >= 11 is 0. The summed E-state index contributed by atoms with van der Waals surface area (Å²) < 4.78 is 15.1. The molecule has 6 heteroatoms. The summed E-state index contributed by atoms with van der Waals surface area (Å²) in [5.74, 6) is -0.966. The second kappa shape index (κ2) is 9.02. The van der Waals surface area contributed by atoms with Gasteiger partial charge in [-0.1, -0.05) is 13.8 Å². The Morgan fingerprint density at radius 1 is 1.09 bits per heavy atom. The number of carbonyl (C=O) groups is 2. The molecule has 0 bridgehead atoms. The lowest BCUT2D eigenvalue weighted by molar-refractivity contribution is -0.155. The van der Waals surface area contributed by atoms with Crippen molar-refractivity contribution in [2.24, 2.45) is 11.8 Å². The molecule has 1 aromatic rings. The largest absolute Gasteiger partial charge is 0.497 e. The van der Waals surface area contributed by atoms with Crippen molar-refractivity contribution in [1.82, 2.24) is 0 Å². The molecule has 0 saturated carbocycles. The van der Waals surface area contributed by atoms with Gasteiger partial charge in [-0.3, -0.25) is 4.79 Å². The number of nitrogens with one attached hydrogen (secondary N) is 1. The zero-order valence-electron chi connectivity index (χ0n) is 14.3. The van der Waals surface area contributed by atoms with E-state index in [1.54, 1.807) is 38.3 Å². The third kappa shape index (κ3) is 5.16. The van der Waals surface area contributed by atoms with Crippen molar-refractivity contribution in [2.45, 2.75) is 26.8 Å². The van der Waals surface area contributed by atoms with Crippen molar-refractivity contribution < 1.29 is 23.8 Å². The van der Waals surface area contributed by atoms with E-state index in [1.165, 1.54) is 7.11 Å². The van der Waals surface area contributed by atoms with Crippen LogP contribution in [0.3, 0.4) is 0 Å². The van der Waals surface area contributed by atoms with Crippen LogP contribution in [0, 0.1) is 11.8 Å². The van der Waals surface area contributed by atoms with Gasteiger partial charge >= 0.3 is 11.9 Å². The maximum Gasteiger partial charge on any atom is 0.329 e. The molecule has 0 heterocycles. The molecule has 23 heavy (non-hydrogen) atoms. The lowest BCUT2D eigenvalue weighted by atomic mass is 9.88. The van der Waals surface area contributed by atoms with Gasteiger partial charge in [0, 0.05) is 5.69 Å². The van der Waals surface area contributed by atoms with Crippen LogP contribution in [0.1, 0.15) is 20.8 Å². The molecule has 0 aliphatic heterocycles. The molecule has 0 amide bonds. The van der Waals surface area contributed by atoms with Gasteiger partial charge in [-0.25, -0.2) is 4.79 Å². The van der Waals surface area contributed by atoms with E-state index < -0.39 is 23.9 Å².